The first-order valence-corrected chi connectivity index (χ1v) is 7.80. The molecule has 1 unspecified atom stereocenters. The summed E-state index contributed by atoms with van der Waals surface area (Å²) in [7, 11) is 0. The summed E-state index contributed by atoms with van der Waals surface area (Å²) in [6, 6.07) is 8.18. The van der Waals surface area contributed by atoms with Crippen LogP contribution in [0.15, 0.2) is 36.5 Å². The summed E-state index contributed by atoms with van der Waals surface area (Å²) in [6.07, 6.45) is -2.40. The third-order valence-electron chi connectivity index (χ3n) is 4.64. The molecule has 0 bridgehead atoms. The van der Waals surface area contributed by atoms with Gasteiger partial charge in [0.2, 0.25) is 0 Å². The molecular weight excluding hydrogens is 335 g/mol. The van der Waals surface area contributed by atoms with Gasteiger partial charge in [0.15, 0.2) is 5.82 Å². The Bertz CT molecular complexity index is 980. The van der Waals surface area contributed by atoms with E-state index >= 15 is 0 Å². The van der Waals surface area contributed by atoms with Crippen LogP contribution in [-0.4, -0.2) is 39.7 Å². The molecule has 130 valence electrons. The van der Waals surface area contributed by atoms with Crippen molar-refractivity contribution in [1.29, 1.82) is 0 Å². The van der Waals surface area contributed by atoms with Crippen LogP contribution in [0.25, 0.3) is 16.6 Å². The van der Waals surface area contributed by atoms with Gasteiger partial charge in [0.25, 0.3) is 0 Å². The molecule has 1 aliphatic rings. The summed E-state index contributed by atoms with van der Waals surface area (Å²) >= 11 is 0. The number of hydrogen-bond acceptors (Lipinski definition) is 3. The first-order valence-electron chi connectivity index (χ1n) is 7.80. The Morgan fingerprint density at radius 2 is 2.04 bits per heavy atom. The van der Waals surface area contributed by atoms with Crippen LogP contribution in [0.4, 0.5) is 19.0 Å². The number of fused-ring (bicyclic) bond motifs is 3. The third kappa shape index (κ3) is 2.57. The Hall–Kier alpha value is -2.77. The van der Waals surface area contributed by atoms with Crippen molar-refractivity contribution in [2.75, 3.05) is 18.0 Å². The number of hydrogen-bond donors (Lipinski definition) is 1. The maximum Gasteiger partial charge on any atom is 0.393 e. The summed E-state index contributed by atoms with van der Waals surface area (Å²) in [6.45, 7) is 0.129. The number of anilines is 1. The molecule has 0 amide bonds. The molecule has 1 atom stereocenters. The van der Waals surface area contributed by atoms with Gasteiger partial charge in [0.1, 0.15) is 0 Å². The lowest BCUT2D eigenvalue weighted by Crippen LogP contribution is -2.28. The SMILES string of the molecule is O=C(O)c1ccc2c(c1)nc(N1CCC(C(F)(F)F)C1)c1cccn12. The number of carboxylic acids is 1. The van der Waals surface area contributed by atoms with Crippen molar-refractivity contribution in [1.82, 2.24) is 9.38 Å². The number of aromatic carboxylic acids is 1. The molecule has 1 saturated heterocycles. The molecule has 25 heavy (non-hydrogen) atoms. The molecule has 4 rings (SSSR count). The lowest BCUT2D eigenvalue weighted by atomic mass is 10.1. The van der Waals surface area contributed by atoms with E-state index in [1.165, 1.54) is 12.1 Å². The predicted molar refractivity (Wildman–Crippen MR) is 86.0 cm³/mol. The fourth-order valence-corrected chi connectivity index (χ4v) is 3.35. The van der Waals surface area contributed by atoms with E-state index in [0.717, 1.165) is 0 Å². The number of rotatable bonds is 2. The van der Waals surface area contributed by atoms with Crippen LogP contribution in [-0.2, 0) is 0 Å². The van der Waals surface area contributed by atoms with Crippen LogP contribution in [0.5, 0.6) is 0 Å². The van der Waals surface area contributed by atoms with Crippen LogP contribution in [0.3, 0.4) is 0 Å². The monoisotopic (exact) mass is 349 g/mol. The van der Waals surface area contributed by atoms with Gasteiger partial charge < -0.3 is 14.4 Å². The maximum absolute atomic E-state index is 13.0. The average Bonchev–Trinajstić information content (AvgIpc) is 3.22. The van der Waals surface area contributed by atoms with Gasteiger partial charge in [-0.1, -0.05) is 0 Å². The fraction of sp³-hybridized carbons (Fsp3) is 0.294. The molecule has 1 aliphatic heterocycles. The largest absolute Gasteiger partial charge is 0.478 e. The van der Waals surface area contributed by atoms with Gasteiger partial charge in [-0.3, -0.25) is 0 Å². The van der Waals surface area contributed by atoms with Crippen molar-refractivity contribution in [3.05, 3.63) is 42.1 Å². The number of carboxylic acid groups (broad SMARTS) is 1. The van der Waals surface area contributed by atoms with Crippen molar-refractivity contribution >= 4 is 28.3 Å². The fourth-order valence-electron chi connectivity index (χ4n) is 3.35. The van der Waals surface area contributed by atoms with Crippen molar-refractivity contribution in [3.63, 3.8) is 0 Å². The summed E-state index contributed by atoms with van der Waals surface area (Å²) in [5, 5.41) is 9.15. The number of nitrogens with zero attached hydrogens (tertiary/aromatic N) is 3. The minimum absolute atomic E-state index is 0.0330. The van der Waals surface area contributed by atoms with Crippen molar-refractivity contribution in [2.45, 2.75) is 12.6 Å². The number of carbonyl (C=O) groups is 1. The highest BCUT2D eigenvalue weighted by molar-refractivity contribution is 5.94. The zero-order valence-electron chi connectivity index (χ0n) is 13.0. The van der Waals surface area contributed by atoms with E-state index in [9.17, 15) is 18.0 Å². The molecular formula is C17H14F3N3O2. The van der Waals surface area contributed by atoms with E-state index in [1.807, 2.05) is 4.40 Å². The van der Waals surface area contributed by atoms with Crippen molar-refractivity contribution < 1.29 is 23.1 Å². The molecule has 1 aromatic carbocycles. The number of halogens is 3. The molecule has 0 aliphatic carbocycles. The van der Waals surface area contributed by atoms with Crippen LogP contribution in [0.1, 0.15) is 16.8 Å². The number of benzene rings is 1. The molecule has 5 nitrogen and oxygen atoms in total. The van der Waals surface area contributed by atoms with Gasteiger partial charge >= 0.3 is 12.1 Å². The molecule has 0 saturated carbocycles. The van der Waals surface area contributed by atoms with Crippen LogP contribution >= 0.6 is 0 Å². The Balaban J connectivity index is 1.85. The Morgan fingerprint density at radius 1 is 1.24 bits per heavy atom. The Kier molecular flexibility index (Phi) is 3.38. The highest BCUT2D eigenvalue weighted by Crippen LogP contribution is 2.36. The summed E-state index contributed by atoms with van der Waals surface area (Å²) < 4.78 is 40.8. The van der Waals surface area contributed by atoms with Gasteiger partial charge in [0.05, 0.1) is 28.0 Å². The molecule has 3 aromatic rings. The van der Waals surface area contributed by atoms with Gasteiger partial charge in [-0.2, -0.15) is 13.2 Å². The quantitative estimate of drug-likeness (QED) is 0.768. The van der Waals surface area contributed by atoms with Gasteiger partial charge in [-0.15, -0.1) is 0 Å². The lowest BCUT2D eigenvalue weighted by Gasteiger charge is -2.20. The summed E-state index contributed by atoms with van der Waals surface area (Å²) in [4.78, 5) is 17.3. The summed E-state index contributed by atoms with van der Waals surface area (Å²) in [5.74, 6) is -1.99. The molecule has 3 heterocycles. The Labute approximate surface area is 140 Å². The van der Waals surface area contributed by atoms with E-state index < -0.39 is 18.1 Å². The average molecular weight is 349 g/mol. The van der Waals surface area contributed by atoms with Crippen molar-refractivity contribution in [2.24, 2.45) is 5.92 Å². The van der Waals surface area contributed by atoms with E-state index in [2.05, 4.69) is 4.98 Å². The van der Waals surface area contributed by atoms with Crippen molar-refractivity contribution in [3.8, 4) is 0 Å². The second-order valence-corrected chi connectivity index (χ2v) is 6.18. The molecule has 0 spiro atoms. The van der Waals surface area contributed by atoms with Crippen LogP contribution < -0.4 is 4.90 Å². The topological polar surface area (TPSA) is 57.8 Å². The zero-order valence-corrected chi connectivity index (χ0v) is 13.0. The number of aromatic nitrogens is 2. The highest BCUT2D eigenvalue weighted by atomic mass is 19.4. The second kappa shape index (κ2) is 5.37. The second-order valence-electron chi connectivity index (χ2n) is 6.18. The smallest absolute Gasteiger partial charge is 0.393 e. The van der Waals surface area contributed by atoms with Gasteiger partial charge in [0, 0.05) is 19.3 Å². The molecule has 1 N–H and O–H groups in total. The zero-order chi connectivity index (χ0) is 17.8. The molecule has 8 heteroatoms. The van der Waals surface area contributed by atoms with Gasteiger partial charge in [-0.25, -0.2) is 9.78 Å². The first kappa shape index (κ1) is 15.7. The molecule has 0 radical (unpaired) electrons. The van der Waals surface area contributed by atoms with Crippen LogP contribution in [0, 0.1) is 5.92 Å². The lowest BCUT2D eigenvalue weighted by molar-refractivity contribution is -0.168. The minimum Gasteiger partial charge on any atom is -0.478 e. The third-order valence-corrected chi connectivity index (χ3v) is 4.64. The van der Waals surface area contributed by atoms with Crippen LogP contribution in [0.2, 0.25) is 0 Å². The highest BCUT2D eigenvalue weighted by Gasteiger charge is 2.44. The normalized spacial score (nSPS) is 18.4. The maximum atomic E-state index is 13.0. The molecule has 1 fully saturated rings. The van der Waals surface area contributed by atoms with E-state index in [0.29, 0.717) is 22.4 Å². The summed E-state index contributed by atoms with van der Waals surface area (Å²) in [5.41, 5.74) is 1.94. The minimum atomic E-state index is -4.22. The van der Waals surface area contributed by atoms with E-state index in [-0.39, 0.29) is 25.1 Å². The molecule has 2 aromatic heterocycles. The predicted octanol–water partition coefficient (Wildman–Crippen LogP) is 3.57. The van der Waals surface area contributed by atoms with Gasteiger partial charge in [-0.05, 0) is 36.8 Å². The number of alkyl halides is 3. The Morgan fingerprint density at radius 3 is 2.72 bits per heavy atom. The van der Waals surface area contributed by atoms with E-state index in [1.54, 1.807) is 29.3 Å². The van der Waals surface area contributed by atoms with E-state index in [4.69, 9.17) is 5.11 Å². The standard InChI is InChI=1S/C17H14F3N3O2/c18-17(19,20)11-5-7-22(9-11)15-14-2-1-6-23(14)13-4-3-10(16(24)25)8-12(13)21-15/h1-4,6,8,11H,5,7,9H2,(H,24,25). The first-order chi connectivity index (χ1) is 11.8.